The molecule has 1 aromatic rings. The number of amides is 1. The van der Waals surface area contributed by atoms with Crippen LogP contribution < -0.4 is 5.32 Å². The number of benzene rings is 1. The standard InChI is InChI=1S/C14H17NO3S2/c16-14(15-10-5-6-10)12-3-1-2-4-13(12)19-11-7-8-20(17,18)9-11/h1-4,10-11H,5-9H2,(H,15,16)/t11-/m0/s1. The van der Waals surface area contributed by atoms with Gasteiger partial charge in [0.2, 0.25) is 0 Å². The van der Waals surface area contributed by atoms with Crippen LogP contribution in [0.5, 0.6) is 0 Å². The first-order valence-corrected chi connectivity index (χ1v) is 9.50. The Labute approximate surface area is 123 Å². The summed E-state index contributed by atoms with van der Waals surface area (Å²) in [5, 5.41) is 3.05. The number of nitrogens with one attached hydrogen (secondary N) is 1. The van der Waals surface area contributed by atoms with E-state index in [0.29, 0.717) is 18.0 Å². The van der Waals surface area contributed by atoms with Crippen molar-refractivity contribution >= 4 is 27.5 Å². The van der Waals surface area contributed by atoms with Crippen LogP contribution in [0.1, 0.15) is 29.6 Å². The van der Waals surface area contributed by atoms with Gasteiger partial charge in [0.1, 0.15) is 0 Å². The molecule has 1 atom stereocenters. The third kappa shape index (κ3) is 3.35. The summed E-state index contributed by atoms with van der Waals surface area (Å²) < 4.78 is 23.0. The number of carbonyl (C=O) groups is 1. The largest absolute Gasteiger partial charge is 0.349 e. The molecule has 0 radical (unpaired) electrons. The average Bonchev–Trinajstić information content (AvgIpc) is 3.14. The number of sulfone groups is 1. The molecule has 0 bridgehead atoms. The normalized spacial score (nSPS) is 24.5. The molecule has 1 aliphatic carbocycles. The van der Waals surface area contributed by atoms with Gasteiger partial charge >= 0.3 is 0 Å². The molecule has 1 aromatic carbocycles. The molecule has 0 aromatic heterocycles. The lowest BCUT2D eigenvalue weighted by atomic mass is 10.2. The van der Waals surface area contributed by atoms with Gasteiger partial charge in [-0.1, -0.05) is 12.1 Å². The Morgan fingerprint density at radius 1 is 1.20 bits per heavy atom. The van der Waals surface area contributed by atoms with E-state index in [2.05, 4.69) is 5.32 Å². The number of hydrogen-bond acceptors (Lipinski definition) is 4. The van der Waals surface area contributed by atoms with E-state index < -0.39 is 9.84 Å². The molecule has 20 heavy (non-hydrogen) atoms. The third-order valence-corrected chi connectivity index (χ3v) is 6.85. The van der Waals surface area contributed by atoms with Crippen molar-refractivity contribution in [1.82, 2.24) is 5.32 Å². The summed E-state index contributed by atoms with van der Waals surface area (Å²) in [6.07, 6.45) is 2.79. The highest BCUT2D eigenvalue weighted by Gasteiger charge is 2.30. The second-order valence-electron chi connectivity index (χ2n) is 5.39. The Balaban J connectivity index is 1.74. The first kappa shape index (κ1) is 13.9. The fourth-order valence-corrected chi connectivity index (χ4v) is 5.91. The van der Waals surface area contributed by atoms with E-state index >= 15 is 0 Å². The van der Waals surface area contributed by atoms with E-state index in [1.807, 2.05) is 24.3 Å². The molecular weight excluding hydrogens is 294 g/mol. The molecule has 1 heterocycles. The lowest BCUT2D eigenvalue weighted by Gasteiger charge is -2.12. The maximum Gasteiger partial charge on any atom is 0.252 e. The summed E-state index contributed by atoms with van der Waals surface area (Å²) >= 11 is 1.52. The fraction of sp³-hybridized carbons (Fsp3) is 0.500. The van der Waals surface area contributed by atoms with Crippen molar-refractivity contribution in [3.05, 3.63) is 29.8 Å². The molecular formula is C14H17NO3S2. The van der Waals surface area contributed by atoms with E-state index in [-0.39, 0.29) is 22.7 Å². The predicted molar refractivity (Wildman–Crippen MR) is 79.8 cm³/mol. The maximum absolute atomic E-state index is 12.2. The highest BCUT2D eigenvalue weighted by Crippen LogP contribution is 2.33. The van der Waals surface area contributed by atoms with Gasteiger partial charge in [0.15, 0.2) is 9.84 Å². The fourth-order valence-electron chi connectivity index (χ4n) is 2.28. The molecule has 2 fully saturated rings. The summed E-state index contributed by atoms with van der Waals surface area (Å²) in [5.41, 5.74) is 0.661. The van der Waals surface area contributed by atoms with E-state index in [1.54, 1.807) is 0 Å². The minimum absolute atomic E-state index is 0.0449. The van der Waals surface area contributed by atoms with Crippen LogP contribution in [0.15, 0.2) is 29.2 Å². The van der Waals surface area contributed by atoms with E-state index in [4.69, 9.17) is 0 Å². The van der Waals surface area contributed by atoms with E-state index in [1.165, 1.54) is 11.8 Å². The van der Waals surface area contributed by atoms with Gasteiger partial charge in [0, 0.05) is 16.2 Å². The highest BCUT2D eigenvalue weighted by atomic mass is 32.2. The van der Waals surface area contributed by atoms with Crippen molar-refractivity contribution in [2.24, 2.45) is 0 Å². The van der Waals surface area contributed by atoms with Gasteiger partial charge in [-0.25, -0.2) is 8.42 Å². The smallest absolute Gasteiger partial charge is 0.252 e. The minimum Gasteiger partial charge on any atom is -0.349 e. The van der Waals surface area contributed by atoms with Crippen molar-refractivity contribution in [1.29, 1.82) is 0 Å². The number of carbonyl (C=O) groups excluding carboxylic acids is 1. The zero-order chi connectivity index (χ0) is 14.2. The van der Waals surface area contributed by atoms with Crippen molar-refractivity contribution in [2.75, 3.05) is 11.5 Å². The first-order chi connectivity index (χ1) is 9.53. The van der Waals surface area contributed by atoms with Gasteiger partial charge in [-0.15, -0.1) is 11.8 Å². The SMILES string of the molecule is O=C(NC1CC1)c1ccccc1S[C@H]1CCS(=O)(=O)C1. The molecule has 2 aliphatic rings. The molecule has 0 spiro atoms. The van der Waals surface area contributed by atoms with E-state index in [0.717, 1.165) is 17.7 Å². The zero-order valence-corrected chi connectivity index (χ0v) is 12.7. The Morgan fingerprint density at radius 3 is 2.60 bits per heavy atom. The van der Waals surface area contributed by atoms with Crippen LogP contribution in [-0.4, -0.2) is 37.1 Å². The van der Waals surface area contributed by atoms with Gasteiger partial charge in [-0.2, -0.15) is 0 Å². The van der Waals surface area contributed by atoms with Gasteiger partial charge in [0.25, 0.3) is 5.91 Å². The number of rotatable bonds is 4. The van der Waals surface area contributed by atoms with Gasteiger partial charge in [0.05, 0.1) is 17.1 Å². The predicted octanol–water partition coefficient (Wildman–Crippen LogP) is 1.86. The first-order valence-electron chi connectivity index (χ1n) is 6.80. The molecule has 0 unspecified atom stereocenters. The van der Waals surface area contributed by atoms with Crippen LogP contribution in [0.4, 0.5) is 0 Å². The zero-order valence-electron chi connectivity index (χ0n) is 11.0. The van der Waals surface area contributed by atoms with Crippen molar-refractivity contribution < 1.29 is 13.2 Å². The Kier molecular flexibility index (Phi) is 3.77. The molecule has 1 saturated heterocycles. The van der Waals surface area contributed by atoms with Crippen molar-refractivity contribution in [3.8, 4) is 0 Å². The maximum atomic E-state index is 12.2. The molecule has 1 amide bonds. The quantitative estimate of drug-likeness (QED) is 0.922. The second-order valence-corrected chi connectivity index (χ2v) is 8.96. The monoisotopic (exact) mass is 311 g/mol. The van der Waals surface area contributed by atoms with Crippen molar-refractivity contribution in [2.45, 2.75) is 35.4 Å². The molecule has 108 valence electrons. The van der Waals surface area contributed by atoms with Gasteiger partial charge < -0.3 is 5.32 Å². The Morgan fingerprint density at radius 2 is 1.95 bits per heavy atom. The van der Waals surface area contributed by atoms with Crippen LogP contribution in [0.2, 0.25) is 0 Å². The number of thioether (sulfide) groups is 1. The van der Waals surface area contributed by atoms with Crippen LogP contribution >= 0.6 is 11.8 Å². The Bertz CT molecular complexity index is 623. The van der Waals surface area contributed by atoms with Crippen LogP contribution in [0.3, 0.4) is 0 Å². The average molecular weight is 311 g/mol. The lowest BCUT2D eigenvalue weighted by molar-refractivity contribution is 0.0948. The molecule has 1 saturated carbocycles. The van der Waals surface area contributed by atoms with Crippen LogP contribution in [-0.2, 0) is 9.84 Å². The van der Waals surface area contributed by atoms with Gasteiger partial charge in [-0.05, 0) is 31.4 Å². The molecule has 6 heteroatoms. The summed E-state index contributed by atoms with van der Waals surface area (Å²) in [4.78, 5) is 13.1. The lowest BCUT2D eigenvalue weighted by Crippen LogP contribution is -2.26. The summed E-state index contributed by atoms with van der Waals surface area (Å²) in [7, 11) is -2.88. The summed E-state index contributed by atoms with van der Waals surface area (Å²) in [6.45, 7) is 0. The minimum atomic E-state index is -2.88. The summed E-state index contributed by atoms with van der Waals surface area (Å²) in [5.74, 6) is 0.439. The number of hydrogen-bond donors (Lipinski definition) is 1. The second kappa shape index (κ2) is 5.41. The molecule has 1 N–H and O–H groups in total. The molecule has 4 nitrogen and oxygen atoms in total. The Hall–Kier alpha value is -1.01. The topological polar surface area (TPSA) is 63.2 Å². The van der Waals surface area contributed by atoms with Crippen LogP contribution in [0, 0.1) is 0 Å². The third-order valence-electron chi connectivity index (χ3n) is 3.53. The van der Waals surface area contributed by atoms with Gasteiger partial charge in [-0.3, -0.25) is 4.79 Å². The molecule has 1 aliphatic heterocycles. The molecule has 3 rings (SSSR count). The van der Waals surface area contributed by atoms with Crippen LogP contribution in [0.25, 0.3) is 0 Å². The summed E-state index contributed by atoms with van der Waals surface area (Å²) in [6, 6.07) is 7.77. The van der Waals surface area contributed by atoms with E-state index in [9.17, 15) is 13.2 Å². The highest BCUT2D eigenvalue weighted by molar-refractivity contribution is 8.02. The van der Waals surface area contributed by atoms with Crippen molar-refractivity contribution in [3.63, 3.8) is 0 Å².